The van der Waals surface area contributed by atoms with Crippen LogP contribution in [0.5, 0.6) is 0 Å². The number of benzene rings is 2. The van der Waals surface area contributed by atoms with Gasteiger partial charge in [0.1, 0.15) is 0 Å². The second-order valence-electron chi connectivity index (χ2n) is 8.58. The molecular weight excluding hydrogens is 382 g/mol. The first-order valence-corrected chi connectivity index (χ1v) is 12.2. The van der Waals surface area contributed by atoms with E-state index in [1.807, 2.05) is 12.1 Å². The number of fused-ring (bicyclic) bond motifs is 1. The quantitative estimate of drug-likeness (QED) is 0.767. The zero-order chi connectivity index (χ0) is 19.8. The Bertz CT molecular complexity index is 971. The summed E-state index contributed by atoms with van der Waals surface area (Å²) >= 11 is 0. The molecule has 1 saturated carbocycles. The van der Waals surface area contributed by atoms with Crippen LogP contribution in [0.1, 0.15) is 36.3 Å². The maximum atomic E-state index is 13.0. The molecular formula is C23H29N3O2S. The van der Waals surface area contributed by atoms with Gasteiger partial charge in [-0.2, -0.15) is 0 Å². The molecule has 0 spiro atoms. The molecule has 5 nitrogen and oxygen atoms in total. The smallest absolute Gasteiger partial charge is 0.264 e. The fourth-order valence-corrected chi connectivity index (χ4v) is 6.31. The maximum Gasteiger partial charge on any atom is 0.264 e. The van der Waals surface area contributed by atoms with Crippen molar-refractivity contribution >= 4 is 15.7 Å². The fourth-order valence-electron chi connectivity index (χ4n) is 4.78. The highest BCUT2D eigenvalue weighted by atomic mass is 32.2. The van der Waals surface area contributed by atoms with Gasteiger partial charge in [0.25, 0.3) is 10.0 Å². The highest BCUT2D eigenvalue weighted by Gasteiger charge is 2.39. The van der Waals surface area contributed by atoms with Gasteiger partial charge in [-0.3, -0.25) is 4.31 Å². The molecule has 0 bridgehead atoms. The first-order valence-electron chi connectivity index (χ1n) is 10.8. The van der Waals surface area contributed by atoms with E-state index in [0.29, 0.717) is 23.4 Å². The average molecular weight is 412 g/mol. The molecule has 154 valence electrons. The van der Waals surface area contributed by atoms with E-state index in [4.69, 9.17) is 0 Å². The van der Waals surface area contributed by atoms with Crippen LogP contribution in [0.25, 0.3) is 0 Å². The first kappa shape index (κ1) is 19.1. The number of nitrogens with one attached hydrogen (secondary N) is 2. The predicted octanol–water partition coefficient (Wildman–Crippen LogP) is 2.88. The molecule has 0 aromatic heterocycles. The lowest BCUT2D eigenvalue weighted by Crippen LogP contribution is -2.34. The van der Waals surface area contributed by atoms with Gasteiger partial charge in [0, 0.05) is 18.5 Å². The second-order valence-corrected chi connectivity index (χ2v) is 10.4. The van der Waals surface area contributed by atoms with Gasteiger partial charge in [-0.25, -0.2) is 8.42 Å². The van der Waals surface area contributed by atoms with Gasteiger partial charge in [-0.1, -0.05) is 30.3 Å². The number of rotatable bonds is 6. The average Bonchev–Trinajstić information content (AvgIpc) is 3.41. The van der Waals surface area contributed by atoms with Crippen molar-refractivity contribution in [1.29, 1.82) is 0 Å². The van der Waals surface area contributed by atoms with Crippen LogP contribution in [0.4, 0.5) is 5.69 Å². The number of nitrogens with zero attached hydrogens (tertiary/aromatic N) is 1. The number of piperidine rings is 1. The van der Waals surface area contributed by atoms with Crippen molar-refractivity contribution in [2.45, 2.75) is 42.5 Å². The van der Waals surface area contributed by atoms with E-state index < -0.39 is 10.0 Å². The molecule has 2 heterocycles. The molecule has 2 atom stereocenters. The Labute approximate surface area is 173 Å². The maximum absolute atomic E-state index is 13.0. The Morgan fingerprint density at radius 1 is 1.07 bits per heavy atom. The summed E-state index contributed by atoms with van der Waals surface area (Å²) in [7, 11) is -3.49. The van der Waals surface area contributed by atoms with Crippen molar-refractivity contribution in [3.63, 3.8) is 0 Å². The predicted molar refractivity (Wildman–Crippen MR) is 116 cm³/mol. The van der Waals surface area contributed by atoms with Crippen molar-refractivity contribution in [2.75, 3.05) is 30.5 Å². The molecule has 3 aliphatic rings. The van der Waals surface area contributed by atoms with Crippen LogP contribution in [-0.4, -0.2) is 40.6 Å². The molecule has 2 aliphatic heterocycles. The normalized spacial score (nSPS) is 24.5. The summed E-state index contributed by atoms with van der Waals surface area (Å²) in [5.41, 5.74) is 3.36. The standard InChI is InChI=1S/C23H29N3O2S/c27-29(28,20-4-2-1-3-5-20)26-13-10-19-14-18(6-7-23(19)26)21-15-22(21)25-16-17-8-11-24-12-9-17/h1-7,14,17,21-22,24-25H,8-13,15-16H2. The lowest BCUT2D eigenvalue weighted by Gasteiger charge is -2.23. The van der Waals surface area contributed by atoms with Crippen LogP contribution < -0.4 is 14.9 Å². The van der Waals surface area contributed by atoms with Gasteiger partial charge in [-0.05, 0) is 80.6 Å². The lowest BCUT2D eigenvalue weighted by molar-refractivity contribution is 0.355. The van der Waals surface area contributed by atoms with Crippen LogP contribution in [0.3, 0.4) is 0 Å². The number of hydrogen-bond donors (Lipinski definition) is 2. The van der Waals surface area contributed by atoms with Crippen molar-refractivity contribution in [3.8, 4) is 0 Å². The van der Waals surface area contributed by atoms with E-state index in [1.165, 1.54) is 24.8 Å². The molecule has 2 fully saturated rings. The Hall–Kier alpha value is -1.89. The topological polar surface area (TPSA) is 61.4 Å². The van der Waals surface area contributed by atoms with Crippen molar-refractivity contribution in [2.24, 2.45) is 5.92 Å². The third-order valence-electron chi connectivity index (χ3n) is 6.63. The Morgan fingerprint density at radius 3 is 2.66 bits per heavy atom. The van der Waals surface area contributed by atoms with Crippen molar-refractivity contribution in [3.05, 3.63) is 59.7 Å². The molecule has 6 heteroatoms. The molecule has 5 rings (SSSR count). The van der Waals surface area contributed by atoms with Gasteiger partial charge in [-0.15, -0.1) is 0 Å². The Balaban J connectivity index is 1.26. The monoisotopic (exact) mass is 411 g/mol. The summed E-state index contributed by atoms with van der Waals surface area (Å²) in [5.74, 6) is 1.37. The Morgan fingerprint density at radius 2 is 1.86 bits per heavy atom. The summed E-state index contributed by atoms with van der Waals surface area (Å²) in [6, 6.07) is 15.7. The van der Waals surface area contributed by atoms with E-state index in [9.17, 15) is 8.42 Å². The fraction of sp³-hybridized carbons (Fsp3) is 0.478. The molecule has 0 radical (unpaired) electrons. The molecule has 2 N–H and O–H groups in total. The van der Waals surface area contributed by atoms with Crippen LogP contribution in [0.15, 0.2) is 53.4 Å². The first-order chi connectivity index (χ1) is 14.1. The highest BCUT2D eigenvalue weighted by Crippen LogP contribution is 2.43. The largest absolute Gasteiger partial charge is 0.317 e. The SMILES string of the molecule is O=S(=O)(c1ccccc1)N1CCc2cc(C3CC3NCC3CCNCC3)ccc21. The molecule has 0 amide bonds. The van der Waals surface area contributed by atoms with Gasteiger partial charge < -0.3 is 10.6 Å². The summed E-state index contributed by atoms with van der Waals surface area (Å²) < 4.78 is 27.6. The van der Waals surface area contributed by atoms with Gasteiger partial charge >= 0.3 is 0 Å². The van der Waals surface area contributed by atoms with E-state index in [-0.39, 0.29) is 0 Å². The number of hydrogen-bond acceptors (Lipinski definition) is 4. The highest BCUT2D eigenvalue weighted by molar-refractivity contribution is 7.92. The molecule has 29 heavy (non-hydrogen) atoms. The van der Waals surface area contributed by atoms with E-state index in [0.717, 1.165) is 43.2 Å². The van der Waals surface area contributed by atoms with Crippen LogP contribution >= 0.6 is 0 Å². The summed E-state index contributed by atoms with van der Waals surface area (Å²) in [5, 5.41) is 7.19. The van der Waals surface area contributed by atoms with Crippen LogP contribution in [0.2, 0.25) is 0 Å². The van der Waals surface area contributed by atoms with Crippen molar-refractivity contribution < 1.29 is 8.42 Å². The van der Waals surface area contributed by atoms with Crippen molar-refractivity contribution in [1.82, 2.24) is 10.6 Å². The number of anilines is 1. The van der Waals surface area contributed by atoms with Gasteiger partial charge in [0.2, 0.25) is 0 Å². The zero-order valence-corrected chi connectivity index (χ0v) is 17.5. The van der Waals surface area contributed by atoms with Crippen LogP contribution in [-0.2, 0) is 16.4 Å². The minimum atomic E-state index is -3.49. The number of sulfonamides is 1. The summed E-state index contributed by atoms with van der Waals surface area (Å²) in [6.07, 6.45) is 4.52. The lowest BCUT2D eigenvalue weighted by atomic mass is 9.98. The molecule has 2 aromatic rings. The minimum Gasteiger partial charge on any atom is -0.317 e. The molecule has 1 saturated heterocycles. The summed E-state index contributed by atoms with van der Waals surface area (Å²) in [6.45, 7) is 3.94. The third-order valence-corrected chi connectivity index (χ3v) is 8.46. The molecule has 1 aliphatic carbocycles. The van der Waals surface area contributed by atoms with Crippen LogP contribution in [0, 0.1) is 5.92 Å². The third kappa shape index (κ3) is 3.81. The Kier molecular flexibility index (Phi) is 5.10. The van der Waals surface area contributed by atoms with Gasteiger partial charge in [0.05, 0.1) is 10.6 Å². The second kappa shape index (κ2) is 7.74. The minimum absolute atomic E-state index is 0.362. The molecule has 2 unspecified atom stereocenters. The zero-order valence-electron chi connectivity index (χ0n) is 16.7. The van der Waals surface area contributed by atoms with E-state index in [2.05, 4.69) is 22.8 Å². The van der Waals surface area contributed by atoms with E-state index >= 15 is 0 Å². The molecule has 2 aromatic carbocycles. The van der Waals surface area contributed by atoms with Gasteiger partial charge in [0.15, 0.2) is 0 Å². The summed E-state index contributed by atoms with van der Waals surface area (Å²) in [4.78, 5) is 0.362. The van der Waals surface area contributed by atoms with E-state index in [1.54, 1.807) is 28.6 Å².